The number of urea groups is 1. The van der Waals surface area contributed by atoms with Gasteiger partial charge in [-0.25, -0.2) is 10.2 Å². The van der Waals surface area contributed by atoms with Gasteiger partial charge in [0.15, 0.2) is 0 Å². The van der Waals surface area contributed by atoms with Gasteiger partial charge in [0.05, 0.1) is 0 Å². The van der Waals surface area contributed by atoms with Crippen LogP contribution in [-0.4, -0.2) is 11.7 Å². The molecule has 2 amide bonds. The average Bonchev–Trinajstić information content (AvgIpc) is 2.09. The topological polar surface area (TPSA) is 67.5 Å². The summed E-state index contributed by atoms with van der Waals surface area (Å²) < 4.78 is 0. The van der Waals surface area contributed by atoms with Gasteiger partial charge in [-0.05, 0) is 19.3 Å². The molecule has 0 radical (unpaired) electrons. The second kappa shape index (κ2) is 7.58. The average molecular weight is 185 g/mol. The van der Waals surface area contributed by atoms with Crippen LogP contribution in [-0.2, 0) is 0 Å². The summed E-state index contributed by atoms with van der Waals surface area (Å²) in [5.74, 6) is 0. The summed E-state index contributed by atoms with van der Waals surface area (Å²) in [6, 6.07) is -0.592. The van der Waals surface area contributed by atoms with E-state index in [-0.39, 0.29) is 0 Å². The lowest BCUT2D eigenvalue weighted by molar-refractivity contribution is 0.249. The largest absolute Gasteiger partial charge is 0.350 e. The number of nitrogens with zero attached hydrogens (tertiary/aromatic N) is 1. The van der Waals surface area contributed by atoms with Crippen LogP contribution in [0.15, 0.2) is 5.10 Å². The number of hydrogen-bond acceptors (Lipinski definition) is 2. The van der Waals surface area contributed by atoms with Crippen LogP contribution in [0.5, 0.6) is 0 Å². The first-order chi connectivity index (χ1) is 6.20. The highest BCUT2D eigenvalue weighted by Gasteiger charge is 1.98. The van der Waals surface area contributed by atoms with Crippen molar-refractivity contribution in [1.82, 2.24) is 5.43 Å². The molecule has 0 spiro atoms. The van der Waals surface area contributed by atoms with Crippen LogP contribution in [0.25, 0.3) is 0 Å². The minimum atomic E-state index is -0.592. The number of hydrogen-bond donors (Lipinski definition) is 2. The van der Waals surface area contributed by atoms with Crippen molar-refractivity contribution < 1.29 is 4.79 Å². The Labute approximate surface area is 79.6 Å². The molecule has 0 aromatic heterocycles. The Morgan fingerprint density at radius 3 is 2.46 bits per heavy atom. The zero-order chi connectivity index (χ0) is 10.1. The minimum Gasteiger partial charge on any atom is -0.350 e. The van der Waals surface area contributed by atoms with Crippen molar-refractivity contribution in [2.75, 3.05) is 0 Å². The minimum absolute atomic E-state index is 0.592. The zero-order valence-corrected chi connectivity index (χ0v) is 8.47. The Bertz CT molecular complexity index is 178. The smallest absolute Gasteiger partial charge is 0.332 e. The molecule has 76 valence electrons. The molecule has 0 aromatic rings. The molecule has 0 heterocycles. The maximum absolute atomic E-state index is 10.4. The number of nitrogens with two attached hydrogens (primary N) is 1. The molecule has 3 N–H and O–H groups in total. The van der Waals surface area contributed by atoms with Crippen molar-refractivity contribution in [2.24, 2.45) is 10.8 Å². The van der Waals surface area contributed by atoms with Gasteiger partial charge >= 0.3 is 6.03 Å². The molecule has 0 atom stereocenters. The third kappa shape index (κ3) is 7.31. The van der Waals surface area contributed by atoms with Crippen LogP contribution < -0.4 is 11.2 Å². The van der Waals surface area contributed by atoms with E-state index in [0.29, 0.717) is 0 Å². The molecule has 0 saturated carbocycles. The number of nitrogens with one attached hydrogen (secondary N) is 1. The first-order valence-electron chi connectivity index (χ1n) is 4.81. The second-order valence-electron chi connectivity index (χ2n) is 3.01. The number of carbonyl (C=O) groups is 1. The van der Waals surface area contributed by atoms with Crippen molar-refractivity contribution in [3.05, 3.63) is 0 Å². The molecule has 0 fully saturated rings. The third-order valence-corrected chi connectivity index (χ3v) is 1.68. The molecule has 4 nitrogen and oxygen atoms in total. The predicted octanol–water partition coefficient (Wildman–Crippen LogP) is 2.00. The Morgan fingerprint density at radius 1 is 1.31 bits per heavy atom. The van der Waals surface area contributed by atoms with Crippen LogP contribution in [0, 0.1) is 0 Å². The van der Waals surface area contributed by atoms with E-state index in [1.165, 1.54) is 0 Å². The molecule has 0 aromatic carbocycles. The lowest BCUT2D eigenvalue weighted by Crippen LogP contribution is -2.25. The highest BCUT2D eigenvalue weighted by atomic mass is 16.2. The van der Waals surface area contributed by atoms with Gasteiger partial charge in [0.2, 0.25) is 0 Å². The summed E-state index contributed by atoms with van der Waals surface area (Å²) in [5.41, 5.74) is 8.21. The van der Waals surface area contributed by atoms with Gasteiger partial charge in [0, 0.05) is 5.71 Å². The van der Waals surface area contributed by atoms with E-state index in [2.05, 4.69) is 24.4 Å². The summed E-state index contributed by atoms with van der Waals surface area (Å²) in [6.45, 7) is 4.22. The summed E-state index contributed by atoms with van der Waals surface area (Å²) in [5, 5.41) is 3.94. The summed E-state index contributed by atoms with van der Waals surface area (Å²) in [4.78, 5) is 10.4. The predicted molar refractivity (Wildman–Crippen MR) is 54.6 cm³/mol. The van der Waals surface area contributed by atoms with Crippen molar-refractivity contribution in [3.63, 3.8) is 0 Å². The summed E-state index contributed by atoms with van der Waals surface area (Å²) in [6.07, 6.45) is 5.17. The maximum Gasteiger partial charge on any atom is 0.332 e. The van der Waals surface area contributed by atoms with E-state index in [1.54, 1.807) is 0 Å². The van der Waals surface area contributed by atoms with Crippen molar-refractivity contribution in [1.29, 1.82) is 0 Å². The molecule has 0 rings (SSSR count). The number of carbonyl (C=O) groups excluding carboxylic acids is 1. The molecular weight excluding hydrogens is 166 g/mol. The molecule has 4 heteroatoms. The van der Waals surface area contributed by atoms with Crippen LogP contribution in [0.4, 0.5) is 4.79 Å². The third-order valence-electron chi connectivity index (χ3n) is 1.68. The van der Waals surface area contributed by atoms with Crippen LogP contribution in [0.3, 0.4) is 0 Å². The second-order valence-corrected chi connectivity index (χ2v) is 3.01. The van der Waals surface area contributed by atoms with Gasteiger partial charge in [-0.15, -0.1) is 0 Å². The van der Waals surface area contributed by atoms with Gasteiger partial charge in [-0.1, -0.05) is 26.7 Å². The summed E-state index contributed by atoms with van der Waals surface area (Å²) in [7, 11) is 0. The molecule has 0 aliphatic rings. The van der Waals surface area contributed by atoms with Crippen LogP contribution in [0.1, 0.15) is 46.0 Å². The lowest BCUT2D eigenvalue weighted by atomic mass is 10.1. The molecule has 0 saturated heterocycles. The number of rotatable bonds is 6. The molecule has 0 bridgehead atoms. The first kappa shape index (κ1) is 11.9. The van der Waals surface area contributed by atoms with Gasteiger partial charge in [0.1, 0.15) is 0 Å². The van der Waals surface area contributed by atoms with Crippen LogP contribution in [0.2, 0.25) is 0 Å². The Morgan fingerprint density at radius 2 is 2.00 bits per heavy atom. The fourth-order valence-corrected chi connectivity index (χ4v) is 1.04. The van der Waals surface area contributed by atoms with E-state index in [1.807, 2.05) is 0 Å². The van der Waals surface area contributed by atoms with Gasteiger partial charge in [-0.3, -0.25) is 0 Å². The normalized spacial score (nSPS) is 11.4. The van der Waals surface area contributed by atoms with Crippen molar-refractivity contribution in [3.8, 4) is 0 Å². The van der Waals surface area contributed by atoms with E-state index in [0.717, 1.165) is 37.8 Å². The highest BCUT2D eigenvalue weighted by Crippen LogP contribution is 2.02. The quantitative estimate of drug-likeness (QED) is 0.482. The monoisotopic (exact) mass is 185 g/mol. The van der Waals surface area contributed by atoms with Gasteiger partial charge < -0.3 is 5.73 Å². The SMILES string of the molecule is CCCCC(CCC)=NNC(N)=O. The highest BCUT2D eigenvalue weighted by molar-refractivity contribution is 5.85. The first-order valence-corrected chi connectivity index (χ1v) is 4.81. The lowest BCUT2D eigenvalue weighted by Gasteiger charge is -2.03. The molecular formula is C9H19N3O. The maximum atomic E-state index is 10.4. The molecule has 13 heavy (non-hydrogen) atoms. The Balaban J connectivity index is 3.90. The Hall–Kier alpha value is -1.06. The van der Waals surface area contributed by atoms with Crippen molar-refractivity contribution in [2.45, 2.75) is 46.0 Å². The number of amides is 2. The molecule has 0 unspecified atom stereocenters. The van der Waals surface area contributed by atoms with E-state index in [4.69, 9.17) is 5.73 Å². The van der Waals surface area contributed by atoms with Crippen LogP contribution >= 0.6 is 0 Å². The van der Waals surface area contributed by atoms with Crippen molar-refractivity contribution >= 4 is 11.7 Å². The van der Waals surface area contributed by atoms with E-state index < -0.39 is 6.03 Å². The number of unbranched alkanes of at least 4 members (excludes halogenated alkanes) is 1. The molecule has 0 aliphatic carbocycles. The zero-order valence-electron chi connectivity index (χ0n) is 8.47. The summed E-state index contributed by atoms with van der Waals surface area (Å²) >= 11 is 0. The van der Waals surface area contributed by atoms with Gasteiger partial charge in [-0.2, -0.15) is 5.10 Å². The van der Waals surface area contributed by atoms with E-state index in [9.17, 15) is 4.79 Å². The standard InChI is InChI=1S/C9H19N3O/c1-3-5-7-8(6-4-2)11-12-9(10)13/h3-7H2,1-2H3,(H3,10,12,13). The van der Waals surface area contributed by atoms with E-state index >= 15 is 0 Å². The number of hydrazone groups is 1. The van der Waals surface area contributed by atoms with Gasteiger partial charge in [0.25, 0.3) is 0 Å². The number of primary amides is 1. The Kier molecular flexibility index (Phi) is 6.96. The fraction of sp³-hybridized carbons (Fsp3) is 0.778. The molecule has 0 aliphatic heterocycles. The fourth-order valence-electron chi connectivity index (χ4n) is 1.04.